The Morgan fingerprint density at radius 3 is 2.03 bits per heavy atom. The van der Waals surface area contributed by atoms with Gasteiger partial charge in [-0.3, -0.25) is 4.79 Å². The molecule has 1 unspecified atom stereocenters. The molecule has 36 heavy (non-hydrogen) atoms. The van der Waals surface area contributed by atoms with E-state index in [-0.39, 0.29) is 17.7 Å². The zero-order chi connectivity index (χ0) is 24.7. The van der Waals surface area contributed by atoms with Crippen molar-refractivity contribution in [3.63, 3.8) is 0 Å². The lowest BCUT2D eigenvalue weighted by molar-refractivity contribution is -0.121. The van der Waals surface area contributed by atoms with Crippen molar-refractivity contribution in [2.75, 3.05) is 6.54 Å². The van der Waals surface area contributed by atoms with E-state index in [4.69, 9.17) is 11.6 Å². The van der Waals surface area contributed by atoms with Crippen LogP contribution in [0.15, 0.2) is 115 Å². The minimum atomic E-state index is -0.145. The van der Waals surface area contributed by atoms with E-state index < -0.39 is 0 Å². The molecule has 0 fully saturated rings. The van der Waals surface area contributed by atoms with Gasteiger partial charge in [-0.05, 0) is 40.8 Å². The number of fused-ring (bicyclic) bond motifs is 1. The Hall–Kier alpha value is -3.82. The summed E-state index contributed by atoms with van der Waals surface area (Å²) in [6.45, 7) is 0.594. The third-order valence-corrected chi connectivity index (χ3v) is 7.17. The number of aromatic nitrogens is 1. The molecular weight excluding hydrogens is 464 g/mol. The molecule has 0 spiro atoms. The number of amides is 1. The predicted octanol–water partition coefficient (Wildman–Crippen LogP) is 7.68. The monoisotopic (exact) mass is 492 g/mol. The molecule has 1 heterocycles. The Kier molecular flexibility index (Phi) is 7.49. The highest BCUT2D eigenvalue weighted by molar-refractivity contribution is 6.31. The van der Waals surface area contributed by atoms with Crippen LogP contribution in [0.3, 0.4) is 0 Å². The summed E-state index contributed by atoms with van der Waals surface area (Å²) < 4.78 is 0. The lowest BCUT2D eigenvalue weighted by Crippen LogP contribution is -2.27. The number of nitrogens with one attached hydrogen (secondary N) is 2. The molecule has 2 N–H and O–H groups in total. The number of hydrogen-bond acceptors (Lipinski definition) is 1. The van der Waals surface area contributed by atoms with Crippen LogP contribution in [0.2, 0.25) is 5.02 Å². The second-order valence-corrected chi connectivity index (χ2v) is 9.49. The van der Waals surface area contributed by atoms with E-state index in [1.54, 1.807) is 0 Å². The van der Waals surface area contributed by atoms with E-state index in [0.29, 0.717) is 18.0 Å². The minimum absolute atomic E-state index is 0.0186. The van der Waals surface area contributed by atoms with E-state index in [9.17, 15) is 4.79 Å². The van der Waals surface area contributed by atoms with Crippen molar-refractivity contribution >= 4 is 28.4 Å². The summed E-state index contributed by atoms with van der Waals surface area (Å²) in [5.41, 5.74) is 5.61. The molecule has 3 nitrogen and oxygen atoms in total. The van der Waals surface area contributed by atoms with Gasteiger partial charge < -0.3 is 10.3 Å². The maximum Gasteiger partial charge on any atom is 0.220 e. The summed E-state index contributed by atoms with van der Waals surface area (Å²) in [6, 6.07) is 37.0. The molecule has 0 aliphatic rings. The van der Waals surface area contributed by atoms with Gasteiger partial charge in [-0.15, -0.1) is 0 Å². The fraction of sp³-hybridized carbons (Fsp3) is 0.156. The molecule has 0 radical (unpaired) electrons. The van der Waals surface area contributed by atoms with Crippen LogP contribution >= 0.6 is 11.6 Å². The molecule has 5 aromatic rings. The first kappa shape index (κ1) is 23.9. The quantitative estimate of drug-likeness (QED) is 0.218. The smallest absolute Gasteiger partial charge is 0.220 e. The highest BCUT2D eigenvalue weighted by atomic mass is 35.5. The molecule has 0 bridgehead atoms. The number of H-pyrrole nitrogens is 1. The van der Waals surface area contributed by atoms with Crippen molar-refractivity contribution in [3.05, 3.63) is 143 Å². The zero-order valence-corrected chi connectivity index (χ0v) is 20.8. The number of rotatable bonds is 9. The third kappa shape index (κ3) is 5.37. The second-order valence-electron chi connectivity index (χ2n) is 9.08. The first-order valence-corrected chi connectivity index (χ1v) is 12.8. The van der Waals surface area contributed by atoms with E-state index in [1.807, 2.05) is 54.7 Å². The van der Waals surface area contributed by atoms with Gasteiger partial charge in [-0.2, -0.15) is 0 Å². The largest absolute Gasteiger partial charge is 0.361 e. The summed E-state index contributed by atoms with van der Waals surface area (Å²) >= 11 is 6.61. The Balaban J connectivity index is 1.33. The molecule has 180 valence electrons. The number of carbonyl (C=O) groups excluding carboxylic acids is 1. The average Bonchev–Trinajstić information content (AvgIpc) is 3.35. The summed E-state index contributed by atoms with van der Waals surface area (Å²) in [6.07, 6.45) is 3.16. The lowest BCUT2D eigenvalue weighted by Gasteiger charge is -2.20. The van der Waals surface area contributed by atoms with Crippen LogP contribution in [0.1, 0.15) is 46.9 Å². The van der Waals surface area contributed by atoms with Gasteiger partial charge in [0.05, 0.1) is 0 Å². The fourth-order valence-corrected chi connectivity index (χ4v) is 5.30. The Labute approximate surface area is 217 Å². The SMILES string of the molecule is O=C(CC(c1ccccc1Cl)c1c[nH]c2ccccc12)NCCC(c1ccccc1)c1ccccc1. The molecule has 0 saturated heterocycles. The van der Waals surface area contributed by atoms with E-state index in [0.717, 1.165) is 28.5 Å². The lowest BCUT2D eigenvalue weighted by atomic mass is 9.87. The van der Waals surface area contributed by atoms with Gasteiger partial charge in [0, 0.05) is 46.9 Å². The normalized spacial score (nSPS) is 12.1. The maximum absolute atomic E-state index is 13.3. The van der Waals surface area contributed by atoms with Crippen LogP contribution in [-0.2, 0) is 4.79 Å². The van der Waals surface area contributed by atoms with Crippen molar-refractivity contribution in [1.82, 2.24) is 10.3 Å². The van der Waals surface area contributed by atoms with Crippen LogP contribution in [-0.4, -0.2) is 17.4 Å². The average molecular weight is 493 g/mol. The van der Waals surface area contributed by atoms with E-state index in [1.165, 1.54) is 11.1 Å². The van der Waals surface area contributed by atoms with Gasteiger partial charge >= 0.3 is 0 Å². The van der Waals surface area contributed by atoms with Gasteiger partial charge in [0.2, 0.25) is 5.91 Å². The van der Waals surface area contributed by atoms with Gasteiger partial charge in [0.1, 0.15) is 0 Å². The number of aromatic amines is 1. The zero-order valence-electron chi connectivity index (χ0n) is 20.0. The van der Waals surface area contributed by atoms with Crippen molar-refractivity contribution in [2.45, 2.75) is 24.7 Å². The van der Waals surface area contributed by atoms with Crippen LogP contribution in [0, 0.1) is 0 Å². The molecule has 0 aliphatic heterocycles. The van der Waals surface area contributed by atoms with Crippen LogP contribution in [0.5, 0.6) is 0 Å². The number of benzene rings is 4. The number of halogens is 1. The molecule has 4 heteroatoms. The summed E-state index contributed by atoms with van der Waals surface area (Å²) in [5.74, 6) is 0.0969. The third-order valence-electron chi connectivity index (χ3n) is 6.83. The standard InChI is InChI=1S/C32H29ClN2O/c33-30-17-9-7-15-26(30)28(29-22-35-31-18-10-8-16-27(29)31)21-32(36)34-20-19-25(23-11-3-1-4-12-23)24-13-5-2-6-14-24/h1-18,22,25,28,35H,19-21H2,(H,34,36). The minimum Gasteiger partial charge on any atom is -0.361 e. The Morgan fingerprint density at radius 2 is 1.33 bits per heavy atom. The Bertz CT molecular complexity index is 1390. The summed E-state index contributed by atoms with van der Waals surface area (Å²) in [7, 11) is 0. The first-order chi connectivity index (χ1) is 17.7. The number of para-hydroxylation sites is 1. The summed E-state index contributed by atoms with van der Waals surface area (Å²) in [4.78, 5) is 16.6. The highest BCUT2D eigenvalue weighted by Crippen LogP contribution is 2.36. The van der Waals surface area contributed by atoms with Crippen molar-refractivity contribution in [3.8, 4) is 0 Å². The molecule has 1 amide bonds. The summed E-state index contributed by atoms with van der Waals surface area (Å²) in [5, 5.41) is 4.98. The number of hydrogen-bond donors (Lipinski definition) is 2. The van der Waals surface area contributed by atoms with E-state index >= 15 is 0 Å². The topological polar surface area (TPSA) is 44.9 Å². The molecular formula is C32H29ClN2O. The van der Waals surface area contributed by atoms with Gasteiger partial charge in [-0.25, -0.2) is 0 Å². The van der Waals surface area contributed by atoms with Crippen LogP contribution in [0.4, 0.5) is 0 Å². The Morgan fingerprint density at radius 1 is 0.722 bits per heavy atom. The predicted molar refractivity (Wildman–Crippen MR) is 149 cm³/mol. The molecule has 5 rings (SSSR count). The maximum atomic E-state index is 13.3. The number of carbonyl (C=O) groups is 1. The van der Waals surface area contributed by atoms with Gasteiger partial charge in [-0.1, -0.05) is 109 Å². The van der Waals surface area contributed by atoms with Crippen LogP contribution in [0.25, 0.3) is 10.9 Å². The van der Waals surface area contributed by atoms with Crippen LogP contribution < -0.4 is 5.32 Å². The van der Waals surface area contributed by atoms with Crippen molar-refractivity contribution in [2.24, 2.45) is 0 Å². The fourth-order valence-electron chi connectivity index (χ4n) is 5.04. The highest BCUT2D eigenvalue weighted by Gasteiger charge is 2.23. The van der Waals surface area contributed by atoms with Gasteiger partial charge in [0.25, 0.3) is 0 Å². The first-order valence-electron chi connectivity index (χ1n) is 12.4. The molecule has 1 aromatic heterocycles. The molecule has 0 saturated carbocycles. The van der Waals surface area contributed by atoms with Crippen molar-refractivity contribution in [1.29, 1.82) is 0 Å². The van der Waals surface area contributed by atoms with E-state index in [2.05, 4.69) is 71.0 Å². The molecule has 1 atom stereocenters. The van der Waals surface area contributed by atoms with Crippen molar-refractivity contribution < 1.29 is 4.79 Å². The second kappa shape index (κ2) is 11.3. The van der Waals surface area contributed by atoms with Gasteiger partial charge in [0.15, 0.2) is 0 Å². The molecule has 0 aliphatic carbocycles. The molecule has 4 aromatic carbocycles.